The molecule has 1 aliphatic heterocycles. The second kappa shape index (κ2) is 5.20. The summed E-state index contributed by atoms with van der Waals surface area (Å²) in [4.78, 5) is 6.79. The van der Waals surface area contributed by atoms with Crippen molar-refractivity contribution < 1.29 is 35.8 Å². The third-order valence-electron chi connectivity index (χ3n) is 2.70. The fourth-order valence-electron chi connectivity index (χ4n) is 1.47. The Morgan fingerprint density at radius 3 is 2.24 bits per heavy atom. The van der Waals surface area contributed by atoms with Gasteiger partial charge in [0.05, 0.1) is 13.2 Å². The third-order valence-corrected chi connectivity index (χ3v) is 3.26. The van der Waals surface area contributed by atoms with E-state index in [1.165, 1.54) is 6.26 Å². The van der Waals surface area contributed by atoms with Crippen molar-refractivity contribution in [1.29, 1.82) is 0 Å². The minimum absolute atomic E-state index is 0.129. The second-order valence-corrected chi connectivity index (χ2v) is 4.93. The molecule has 118 valence electrons. The zero-order valence-corrected chi connectivity index (χ0v) is 11.2. The first-order valence-electron chi connectivity index (χ1n) is 5.41. The first-order valence-corrected chi connectivity index (χ1v) is 6.63. The molecular formula is C10H8F6N2O2S. The lowest BCUT2D eigenvalue weighted by Gasteiger charge is -2.42. The van der Waals surface area contributed by atoms with Gasteiger partial charge < -0.3 is 9.47 Å². The van der Waals surface area contributed by atoms with Crippen LogP contribution in [0.3, 0.4) is 0 Å². The maximum Gasteiger partial charge on any atom is 0.432 e. The summed E-state index contributed by atoms with van der Waals surface area (Å²) in [6.45, 7) is -1.77. The van der Waals surface area contributed by atoms with Crippen LogP contribution in [0.2, 0.25) is 0 Å². The van der Waals surface area contributed by atoms with Gasteiger partial charge in [-0.25, -0.2) is 4.98 Å². The molecule has 0 amide bonds. The summed E-state index contributed by atoms with van der Waals surface area (Å²) in [5.74, 6) is -1.15. The maximum atomic E-state index is 12.9. The van der Waals surface area contributed by atoms with Crippen molar-refractivity contribution in [3.05, 3.63) is 11.8 Å². The van der Waals surface area contributed by atoms with Gasteiger partial charge in [0.1, 0.15) is 5.56 Å². The molecule has 0 bridgehead atoms. The summed E-state index contributed by atoms with van der Waals surface area (Å²) >= 11 is 0.879. The van der Waals surface area contributed by atoms with Crippen molar-refractivity contribution in [2.45, 2.75) is 23.1 Å². The minimum atomic E-state index is -4.93. The first-order chi connectivity index (χ1) is 9.59. The van der Waals surface area contributed by atoms with Crippen LogP contribution in [0.25, 0.3) is 0 Å². The second-order valence-electron chi connectivity index (χ2n) is 4.16. The summed E-state index contributed by atoms with van der Waals surface area (Å²) in [7, 11) is 0. The van der Waals surface area contributed by atoms with Gasteiger partial charge in [-0.05, 0) is 6.26 Å². The molecule has 1 aromatic rings. The van der Waals surface area contributed by atoms with Crippen LogP contribution in [0.15, 0.2) is 11.4 Å². The summed E-state index contributed by atoms with van der Waals surface area (Å²) in [6, 6.07) is 0. The molecule has 0 aliphatic carbocycles. The van der Waals surface area contributed by atoms with Gasteiger partial charge in [0, 0.05) is 6.20 Å². The molecule has 4 nitrogen and oxygen atoms in total. The van der Waals surface area contributed by atoms with Crippen LogP contribution < -0.4 is 4.74 Å². The lowest BCUT2D eigenvalue weighted by atomic mass is 10.0. The summed E-state index contributed by atoms with van der Waals surface area (Å²) in [5.41, 5.74) is -4.27. The Morgan fingerprint density at radius 2 is 1.86 bits per heavy atom. The number of hydrogen-bond donors (Lipinski definition) is 0. The number of ether oxygens (including phenoxy) is 2. The van der Waals surface area contributed by atoms with E-state index in [1.54, 1.807) is 0 Å². The molecule has 2 rings (SSSR count). The Kier molecular flexibility index (Phi) is 4.00. The number of aromatic nitrogens is 2. The molecule has 0 saturated carbocycles. The Balaban J connectivity index is 2.42. The summed E-state index contributed by atoms with van der Waals surface area (Å²) in [6.07, 6.45) is -7.93. The van der Waals surface area contributed by atoms with Crippen LogP contribution in [-0.2, 0) is 10.9 Å². The van der Waals surface area contributed by atoms with Crippen LogP contribution >= 0.6 is 11.8 Å². The Hall–Kier alpha value is -1.23. The van der Waals surface area contributed by atoms with E-state index < -0.39 is 42.6 Å². The average molecular weight is 334 g/mol. The number of halogens is 6. The van der Waals surface area contributed by atoms with Gasteiger partial charge in [0.25, 0.3) is 5.60 Å². The molecule has 0 aromatic carbocycles. The number of hydrogen-bond acceptors (Lipinski definition) is 5. The van der Waals surface area contributed by atoms with Gasteiger partial charge in [-0.2, -0.15) is 31.3 Å². The Labute approximate surface area is 118 Å². The van der Waals surface area contributed by atoms with Crippen molar-refractivity contribution >= 4 is 11.8 Å². The van der Waals surface area contributed by atoms with Crippen molar-refractivity contribution in [2.24, 2.45) is 0 Å². The predicted octanol–water partition coefficient (Wildman–Crippen LogP) is 2.93. The molecule has 1 fully saturated rings. The topological polar surface area (TPSA) is 44.2 Å². The normalized spacial score (nSPS) is 18.2. The molecule has 0 spiro atoms. The monoisotopic (exact) mass is 334 g/mol. The van der Waals surface area contributed by atoms with Gasteiger partial charge in [-0.1, -0.05) is 11.8 Å². The van der Waals surface area contributed by atoms with Gasteiger partial charge >= 0.3 is 12.4 Å². The highest BCUT2D eigenvalue weighted by atomic mass is 32.2. The first kappa shape index (κ1) is 16.1. The van der Waals surface area contributed by atoms with Crippen molar-refractivity contribution in [3.8, 4) is 5.88 Å². The van der Waals surface area contributed by atoms with Crippen molar-refractivity contribution in [1.82, 2.24) is 9.97 Å². The quantitative estimate of drug-likeness (QED) is 0.483. The van der Waals surface area contributed by atoms with E-state index in [0.29, 0.717) is 6.20 Å². The Morgan fingerprint density at radius 1 is 1.24 bits per heavy atom. The van der Waals surface area contributed by atoms with E-state index in [0.717, 1.165) is 11.8 Å². The predicted molar refractivity (Wildman–Crippen MR) is 59.0 cm³/mol. The third kappa shape index (κ3) is 3.03. The van der Waals surface area contributed by atoms with E-state index in [4.69, 9.17) is 0 Å². The number of nitrogens with zero attached hydrogens (tertiary/aromatic N) is 2. The molecule has 2 heterocycles. The highest BCUT2D eigenvalue weighted by Crippen LogP contribution is 2.43. The summed E-state index contributed by atoms with van der Waals surface area (Å²) in [5, 5.41) is -0.129. The zero-order chi connectivity index (χ0) is 15.9. The van der Waals surface area contributed by atoms with Crippen molar-refractivity contribution in [3.63, 3.8) is 0 Å². The molecule has 1 aliphatic rings. The fourth-order valence-corrected chi connectivity index (χ4v) is 1.81. The molecule has 21 heavy (non-hydrogen) atoms. The molecule has 0 radical (unpaired) electrons. The van der Waals surface area contributed by atoms with Gasteiger partial charge in [0.15, 0.2) is 5.16 Å². The van der Waals surface area contributed by atoms with Crippen LogP contribution in [0, 0.1) is 0 Å². The Bertz CT molecular complexity index is 529. The zero-order valence-electron chi connectivity index (χ0n) is 10.4. The van der Waals surface area contributed by atoms with E-state index in [9.17, 15) is 26.3 Å². The fraction of sp³-hybridized carbons (Fsp3) is 0.600. The van der Waals surface area contributed by atoms with Crippen LogP contribution in [0.5, 0.6) is 5.88 Å². The van der Waals surface area contributed by atoms with E-state index >= 15 is 0 Å². The number of alkyl halides is 6. The molecule has 1 saturated heterocycles. The minimum Gasteiger partial charge on any atom is -0.456 e. The average Bonchev–Trinajstić information content (AvgIpc) is 2.30. The SMILES string of the molecule is CSc1ncc(C(F)(F)F)c(OC2(C(F)(F)F)COC2)n1. The van der Waals surface area contributed by atoms with E-state index in [2.05, 4.69) is 19.4 Å². The highest BCUT2D eigenvalue weighted by Gasteiger charge is 2.63. The molecule has 0 unspecified atom stereocenters. The van der Waals surface area contributed by atoms with Gasteiger partial charge in [0.2, 0.25) is 5.88 Å². The van der Waals surface area contributed by atoms with Gasteiger partial charge in [-0.3, -0.25) is 0 Å². The molecule has 1 aromatic heterocycles. The maximum absolute atomic E-state index is 12.9. The smallest absolute Gasteiger partial charge is 0.432 e. The molecule has 11 heteroatoms. The van der Waals surface area contributed by atoms with E-state index in [-0.39, 0.29) is 5.16 Å². The highest BCUT2D eigenvalue weighted by molar-refractivity contribution is 7.98. The van der Waals surface area contributed by atoms with Gasteiger partial charge in [-0.15, -0.1) is 0 Å². The lowest BCUT2D eigenvalue weighted by molar-refractivity contribution is -0.324. The summed E-state index contributed by atoms with van der Waals surface area (Å²) < 4.78 is 86.2. The van der Waals surface area contributed by atoms with Crippen molar-refractivity contribution in [2.75, 3.05) is 19.5 Å². The molecule has 0 N–H and O–H groups in total. The largest absolute Gasteiger partial charge is 0.456 e. The number of rotatable bonds is 3. The molecule has 0 atom stereocenters. The van der Waals surface area contributed by atoms with Crippen LogP contribution in [-0.4, -0.2) is 41.2 Å². The number of thioether (sulfide) groups is 1. The van der Waals surface area contributed by atoms with Crippen LogP contribution in [0.4, 0.5) is 26.3 Å². The standard InChI is InChI=1S/C10H8F6N2O2S/c1-21-7-17-2-5(9(11,12)13)6(18-7)20-8(3-19-4-8)10(14,15)16/h2H,3-4H2,1H3. The van der Waals surface area contributed by atoms with E-state index in [1.807, 2.05) is 0 Å². The molecular weight excluding hydrogens is 326 g/mol. The van der Waals surface area contributed by atoms with Crippen LogP contribution in [0.1, 0.15) is 5.56 Å². The lowest BCUT2D eigenvalue weighted by Crippen LogP contribution is -2.64.